The summed E-state index contributed by atoms with van der Waals surface area (Å²) in [7, 11) is -0.592. The van der Waals surface area contributed by atoms with Gasteiger partial charge in [0, 0.05) is 10.8 Å². The Balaban J connectivity index is 1.69. The van der Waals surface area contributed by atoms with Crippen LogP contribution in [0, 0.1) is 17.5 Å². The second kappa shape index (κ2) is 13.3. The summed E-state index contributed by atoms with van der Waals surface area (Å²) in [6.45, 7) is 2.74. The molecule has 3 rings (SSSR count). The van der Waals surface area contributed by atoms with Gasteiger partial charge in [0.25, 0.3) is 0 Å². The van der Waals surface area contributed by atoms with Crippen molar-refractivity contribution < 1.29 is 17.9 Å². The molecule has 0 aliphatic carbocycles. The van der Waals surface area contributed by atoms with Gasteiger partial charge in [0.2, 0.25) is 0 Å². The largest absolute Gasteiger partial charge is 0.490 e. The van der Waals surface area contributed by atoms with Gasteiger partial charge in [-0.15, -0.1) is 0 Å². The Morgan fingerprint density at radius 2 is 1.50 bits per heavy atom. The molecule has 0 bridgehead atoms. The smallest absolute Gasteiger partial charge is 0.165 e. The third-order valence-corrected chi connectivity index (χ3v) is 7.81. The predicted octanol–water partition coefficient (Wildman–Crippen LogP) is 8.47. The van der Waals surface area contributed by atoms with E-state index in [0.717, 1.165) is 37.5 Å². The Morgan fingerprint density at radius 3 is 2.19 bits per heavy atom. The number of benzene rings is 2. The van der Waals surface area contributed by atoms with Crippen LogP contribution >= 0.6 is 10.0 Å². The molecule has 36 heavy (non-hydrogen) atoms. The number of hydrogen-bond acceptors (Lipinski definition) is 3. The van der Waals surface area contributed by atoms with Gasteiger partial charge >= 0.3 is 0 Å². The topological polar surface area (TPSA) is 35.0 Å². The molecule has 0 unspecified atom stereocenters. The van der Waals surface area contributed by atoms with E-state index in [1.165, 1.54) is 44.1 Å². The van der Waals surface area contributed by atoms with Gasteiger partial charge < -0.3 is 4.74 Å². The number of aryl methyl sites for hydroxylation is 1. The zero-order chi connectivity index (χ0) is 26.1. The van der Waals surface area contributed by atoms with Crippen LogP contribution in [0.15, 0.2) is 30.6 Å². The standard InChI is InChI=1S/C29H39F3N2OS/c1-5-6-7-8-9-11-16-35-22-19-33-29(34-20-22)26-25(30)18-24-23(28(26)32)15-14-21(27(24)31)13-10-12-17-36(2,3)4/h14-15,18-20H,5-13,16-17H2,1-4H3. The fraction of sp³-hybridized carbons (Fsp3) is 0.517. The third-order valence-electron chi connectivity index (χ3n) is 6.30. The monoisotopic (exact) mass is 520 g/mol. The van der Waals surface area contributed by atoms with E-state index in [0.29, 0.717) is 24.3 Å². The molecule has 198 valence electrons. The van der Waals surface area contributed by atoms with Gasteiger partial charge in [-0.1, -0.05) is 51.2 Å². The minimum absolute atomic E-state index is 0.0267. The highest BCUT2D eigenvalue weighted by molar-refractivity contribution is 8.32. The highest BCUT2D eigenvalue weighted by atomic mass is 32.3. The zero-order valence-electron chi connectivity index (χ0n) is 22.0. The van der Waals surface area contributed by atoms with E-state index in [4.69, 9.17) is 4.74 Å². The molecule has 0 aliphatic rings. The third kappa shape index (κ3) is 7.86. The van der Waals surface area contributed by atoms with E-state index >= 15 is 8.78 Å². The summed E-state index contributed by atoms with van der Waals surface area (Å²) < 4.78 is 51.1. The molecule has 7 heteroatoms. The van der Waals surface area contributed by atoms with Crippen molar-refractivity contribution in [2.24, 2.45) is 0 Å². The molecule has 2 aromatic carbocycles. The summed E-state index contributed by atoms with van der Waals surface area (Å²) in [5.41, 5.74) is 0.131. The highest BCUT2D eigenvalue weighted by Crippen LogP contribution is 2.36. The molecule has 0 amide bonds. The molecule has 0 saturated carbocycles. The SMILES string of the molecule is CCCCCCCCOc1cnc(-c2c(F)cc3c(F)c(CCCCS(C)(C)C)ccc3c2F)nc1. The summed E-state index contributed by atoms with van der Waals surface area (Å²) in [6.07, 6.45) is 18.9. The Bertz CT molecular complexity index is 1130. The summed E-state index contributed by atoms with van der Waals surface area (Å²) in [5.74, 6) is -0.803. The second-order valence-electron chi connectivity index (χ2n) is 10.3. The lowest BCUT2D eigenvalue weighted by molar-refractivity contribution is 0.302. The first-order valence-electron chi connectivity index (χ1n) is 12.9. The fourth-order valence-corrected chi connectivity index (χ4v) is 5.32. The van der Waals surface area contributed by atoms with Crippen molar-refractivity contribution in [1.82, 2.24) is 9.97 Å². The number of nitrogens with zero attached hydrogens (tertiary/aromatic N) is 2. The predicted molar refractivity (Wildman–Crippen MR) is 147 cm³/mol. The maximum atomic E-state index is 15.3. The normalized spacial score (nSPS) is 12.3. The van der Waals surface area contributed by atoms with Gasteiger partial charge in [-0.05, 0) is 61.8 Å². The minimum Gasteiger partial charge on any atom is -0.490 e. The molecule has 0 N–H and O–H groups in total. The van der Waals surface area contributed by atoms with E-state index < -0.39 is 27.5 Å². The van der Waals surface area contributed by atoms with Crippen molar-refractivity contribution in [2.45, 2.75) is 64.7 Å². The van der Waals surface area contributed by atoms with Crippen LogP contribution in [0.25, 0.3) is 22.2 Å². The molecule has 0 atom stereocenters. The van der Waals surface area contributed by atoms with Gasteiger partial charge in [0.1, 0.15) is 17.5 Å². The van der Waals surface area contributed by atoms with Gasteiger partial charge in [0.05, 0.1) is 24.6 Å². The van der Waals surface area contributed by atoms with Crippen LogP contribution in [0.5, 0.6) is 5.75 Å². The van der Waals surface area contributed by atoms with Crippen molar-refractivity contribution in [1.29, 1.82) is 0 Å². The molecular formula is C29H39F3N2OS. The van der Waals surface area contributed by atoms with E-state index in [9.17, 15) is 4.39 Å². The lowest BCUT2D eigenvalue weighted by Crippen LogP contribution is -2.02. The molecule has 0 radical (unpaired) electrons. The first-order chi connectivity index (χ1) is 17.2. The molecule has 1 aromatic heterocycles. The number of ether oxygens (including phenoxy) is 1. The average Bonchev–Trinajstić information content (AvgIpc) is 2.83. The molecule has 1 heterocycles. The first kappa shape index (κ1) is 28.3. The van der Waals surface area contributed by atoms with Crippen molar-refractivity contribution in [2.75, 3.05) is 31.1 Å². The summed E-state index contributed by atoms with van der Waals surface area (Å²) >= 11 is 0. The van der Waals surface area contributed by atoms with Crippen molar-refractivity contribution in [3.63, 3.8) is 0 Å². The van der Waals surface area contributed by atoms with E-state index in [1.54, 1.807) is 6.07 Å². The number of hydrogen-bond donors (Lipinski definition) is 0. The highest BCUT2D eigenvalue weighted by Gasteiger charge is 2.21. The molecular weight excluding hydrogens is 481 g/mol. The zero-order valence-corrected chi connectivity index (χ0v) is 22.8. The molecule has 3 aromatic rings. The maximum Gasteiger partial charge on any atom is 0.165 e. The van der Waals surface area contributed by atoms with E-state index in [1.807, 2.05) is 0 Å². The van der Waals surface area contributed by atoms with Crippen LogP contribution in [0.1, 0.15) is 63.9 Å². The molecule has 0 aliphatic heterocycles. The van der Waals surface area contributed by atoms with Gasteiger partial charge in [-0.3, -0.25) is 0 Å². The van der Waals surface area contributed by atoms with Crippen molar-refractivity contribution >= 4 is 20.8 Å². The lowest BCUT2D eigenvalue weighted by Gasteiger charge is -2.24. The molecule has 0 fully saturated rings. The maximum absolute atomic E-state index is 15.3. The Hall–Kier alpha value is -2.28. The van der Waals surface area contributed by atoms with Gasteiger partial charge in [0.15, 0.2) is 11.6 Å². The van der Waals surface area contributed by atoms with Crippen molar-refractivity contribution in [3.8, 4) is 17.1 Å². The van der Waals surface area contributed by atoms with E-state index in [2.05, 4.69) is 35.7 Å². The number of fused-ring (bicyclic) bond motifs is 1. The Morgan fingerprint density at radius 1 is 0.806 bits per heavy atom. The summed E-state index contributed by atoms with van der Waals surface area (Å²) in [4.78, 5) is 8.24. The van der Waals surface area contributed by atoms with Crippen LogP contribution in [0.2, 0.25) is 0 Å². The van der Waals surface area contributed by atoms with Gasteiger partial charge in [-0.25, -0.2) is 33.2 Å². The number of rotatable bonds is 14. The number of aromatic nitrogens is 2. The van der Waals surface area contributed by atoms with Crippen LogP contribution in [0.4, 0.5) is 13.2 Å². The fourth-order valence-electron chi connectivity index (χ4n) is 4.25. The first-order valence-corrected chi connectivity index (χ1v) is 15.9. The summed E-state index contributed by atoms with van der Waals surface area (Å²) in [6, 6.07) is 4.18. The quantitative estimate of drug-likeness (QED) is 0.200. The molecule has 3 nitrogen and oxygen atoms in total. The second-order valence-corrected chi connectivity index (χ2v) is 14.9. The van der Waals surface area contributed by atoms with Crippen LogP contribution in [-0.4, -0.2) is 41.1 Å². The summed E-state index contributed by atoms with van der Waals surface area (Å²) in [5, 5.41) is -0.0228. The van der Waals surface area contributed by atoms with Crippen molar-refractivity contribution in [3.05, 3.63) is 53.6 Å². The van der Waals surface area contributed by atoms with Gasteiger partial charge in [-0.2, -0.15) is 0 Å². The van der Waals surface area contributed by atoms with Crippen LogP contribution in [0.3, 0.4) is 0 Å². The molecule has 0 spiro atoms. The Labute approximate surface area is 215 Å². The van der Waals surface area contributed by atoms with E-state index in [-0.39, 0.29) is 22.2 Å². The number of halogens is 3. The van der Waals surface area contributed by atoms with Crippen LogP contribution in [-0.2, 0) is 6.42 Å². The minimum atomic E-state index is -0.881. The Kier molecular flexibility index (Phi) is 10.5. The lowest BCUT2D eigenvalue weighted by atomic mass is 9.99. The average molecular weight is 521 g/mol. The molecule has 0 saturated heterocycles. The van der Waals surface area contributed by atoms with Crippen LogP contribution < -0.4 is 4.74 Å². The number of unbranched alkanes of at least 4 members (excludes halogenated alkanes) is 6.